The van der Waals surface area contributed by atoms with Gasteiger partial charge in [-0.05, 0) is 38.1 Å². The first kappa shape index (κ1) is 14.5. The van der Waals surface area contributed by atoms with Crippen molar-refractivity contribution < 1.29 is 4.79 Å². The largest absolute Gasteiger partial charge is 0.322 e. The minimum Gasteiger partial charge on any atom is -0.322 e. The van der Waals surface area contributed by atoms with Crippen molar-refractivity contribution in [2.75, 3.05) is 5.32 Å². The summed E-state index contributed by atoms with van der Waals surface area (Å²) in [6.45, 7) is 3.91. The first-order chi connectivity index (χ1) is 9.47. The number of amides is 1. The number of aromatic nitrogens is 2. The number of nitrogens with one attached hydrogen (secondary N) is 1. The Bertz CT molecular complexity index is 674. The summed E-state index contributed by atoms with van der Waals surface area (Å²) in [4.78, 5) is 11.9. The summed E-state index contributed by atoms with van der Waals surface area (Å²) in [7, 11) is 1.89. The molecule has 5 heteroatoms. The molecule has 0 aliphatic carbocycles. The van der Waals surface area contributed by atoms with Gasteiger partial charge in [0.2, 0.25) is 5.91 Å². The van der Waals surface area contributed by atoms with Crippen LogP contribution in [0.4, 0.5) is 5.69 Å². The van der Waals surface area contributed by atoms with E-state index in [2.05, 4.69) is 26.3 Å². The molecule has 2 rings (SSSR count). The maximum Gasteiger partial charge on any atom is 0.248 e. The van der Waals surface area contributed by atoms with E-state index in [1.54, 1.807) is 10.8 Å². The molecule has 1 amide bonds. The lowest BCUT2D eigenvalue weighted by Gasteiger charge is -2.02. The molecule has 0 radical (unpaired) electrons. The van der Waals surface area contributed by atoms with Gasteiger partial charge in [-0.3, -0.25) is 9.48 Å². The molecular weight excluding hydrogens is 318 g/mol. The Balaban J connectivity index is 2.10. The molecule has 0 bridgehead atoms. The van der Waals surface area contributed by atoms with Crippen molar-refractivity contribution in [3.05, 3.63) is 51.8 Å². The lowest BCUT2D eigenvalue weighted by molar-refractivity contribution is -0.111. The summed E-state index contributed by atoms with van der Waals surface area (Å²) < 4.78 is 2.74. The highest BCUT2D eigenvalue weighted by Crippen LogP contribution is 2.16. The molecular formula is C15H16BrN3O. The van der Waals surface area contributed by atoms with E-state index in [0.29, 0.717) is 0 Å². The molecule has 1 heterocycles. The number of halogens is 1. The van der Waals surface area contributed by atoms with E-state index in [1.165, 1.54) is 6.08 Å². The molecule has 0 aliphatic heterocycles. The zero-order chi connectivity index (χ0) is 14.7. The Morgan fingerprint density at radius 2 is 2.15 bits per heavy atom. The van der Waals surface area contributed by atoms with Crippen LogP contribution in [-0.4, -0.2) is 15.7 Å². The van der Waals surface area contributed by atoms with Crippen LogP contribution in [0.2, 0.25) is 0 Å². The zero-order valence-corrected chi connectivity index (χ0v) is 13.2. The van der Waals surface area contributed by atoms with Crippen LogP contribution in [0.15, 0.2) is 34.8 Å². The molecule has 2 aromatic rings. The second-order valence-electron chi connectivity index (χ2n) is 4.54. The van der Waals surface area contributed by atoms with Crippen LogP contribution in [0, 0.1) is 13.8 Å². The Morgan fingerprint density at radius 1 is 1.40 bits per heavy atom. The molecule has 4 nitrogen and oxygen atoms in total. The van der Waals surface area contributed by atoms with Crippen LogP contribution in [0.5, 0.6) is 0 Å². The molecule has 0 saturated heterocycles. The highest BCUT2D eigenvalue weighted by molar-refractivity contribution is 9.10. The van der Waals surface area contributed by atoms with Gasteiger partial charge in [0.25, 0.3) is 0 Å². The van der Waals surface area contributed by atoms with E-state index >= 15 is 0 Å². The fourth-order valence-corrected chi connectivity index (χ4v) is 2.34. The number of anilines is 1. The molecule has 0 fully saturated rings. The second-order valence-corrected chi connectivity index (χ2v) is 5.46. The molecule has 1 aromatic heterocycles. The number of aryl methyl sites for hydroxylation is 2. The van der Waals surface area contributed by atoms with Gasteiger partial charge in [0, 0.05) is 34.5 Å². The number of benzene rings is 1. The lowest BCUT2D eigenvalue weighted by atomic mass is 10.2. The van der Waals surface area contributed by atoms with Crippen LogP contribution >= 0.6 is 15.9 Å². The van der Waals surface area contributed by atoms with Crippen LogP contribution in [0.25, 0.3) is 6.08 Å². The van der Waals surface area contributed by atoms with Gasteiger partial charge in [-0.15, -0.1) is 0 Å². The number of carbonyl (C=O) groups is 1. The van der Waals surface area contributed by atoms with E-state index in [9.17, 15) is 4.79 Å². The Hall–Kier alpha value is -1.88. The fourth-order valence-electron chi connectivity index (χ4n) is 1.94. The van der Waals surface area contributed by atoms with Gasteiger partial charge in [-0.2, -0.15) is 5.10 Å². The monoisotopic (exact) mass is 333 g/mol. The van der Waals surface area contributed by atoms with Gasteiger partial charge in [-0.25, -0.2) is 0 Å². The molecule has 0 unspecified atom stereocenters. The van der Waals surface area contributed by atoms with Crippen molar-refractivity contribution in [1.29, 1.82) is 0 Å². The molecule has 0 aliphatic rings. The summed E-state index contributed by atoms with van der Waals surface area (Å²) in [5, 5.41) is 7.13. The third kappa shape index (κ3) is 3.36. The Kier molecular flexibility index (Phi) is 4.39. The summed E-state index contributed by atoms with van der Waals surface area (Å²) >= 11 is 3.37. The van der Waals surface area contributed by atoms with Crippen molar-refractivity contribution in [2.24, 2.45) is 7.05 Å². The van der Waals surface area contributed by atoms with Crippen LogP contribution in [0.3, 0.4) is 0 Å². The topological polar surface area (TPSA) is 46.9 Å². The van der Waals surface area contributed by atoms with Gasteiger partial charge < -0.3 is 5.32 Å². The van der Waals surface area contributed by atoms with Crippen molar-refractivity contribution in [3.8, 4) is 0 Å². The van der Waals surface area contributed by atoms with Crippen LogP contribution in [0.1, 0.15) is 17.0 Å². The minimum atomic E-state index is -0.161. The fraction of sp³-hybridized carbons (Fsp3) is 0.200. The molecule has 0 atom stereocenters. The Morgan fingerprint density at radius 3 is 2.75 bits per heavy atom. The Labute approximate surface area is 126 Å². The van der Waals surface area contributed by atoms with Gasteiger partial charge >= 0.3 is 0 Å². The third-order valence-electron chi connectivity index (χ3n) is 3.06. The SMILES string of the molecule is Cc1nn(C)c(C)c1/C=C/C(=O)Nc1cccc(Br)c1. The van der Waals surface area contributed by atoms with Crippen LogP contribution in [-0.2, 0) is 11.8 Å². The van der Waals surface area contributed by atoms with E-state index in [1.807, 2.05) is 45.2 Å². The van der Waals surface area contributed by atoms with Crippen molar-refractivity contribution in [3.63, 3.8) is 0 Å². The van der Waals surface area contributed by atoms with Gasteiger partial charge in [0.15, 0.2) is 0 Å². The normalized spacial score (nSPS) is 11.0. The number of hydrogen-bond donors (Lipinski definition) is 1. The summed E-state index contributed by atoms with van der Waals surface area (Å²) in [5.41, 5.74) is 3.69. The second kappa shape index (κ2) is 6.05. The highest BCUT2D eigenvalue weighted by atomic mass is 79.9. The maximum absolute atomic E-state index is 11.9. The first-order valence-corrected chi connectivity index (χ1v) is 7.01. The molecule has 104 valence electrons. The first-order valence-electron chi connectivity index (χ1n) is 6.22. The average Bonchev–Trinajstić information content (AvgIpc) is 2.61. The minimum absolute atomic E-state index is 0.161. The van der Waals surface area contributed by atoms with E-state index in [0.717, 1.165) is 27.1 Å². The van der Waals surface area contributed by atoms with E-state index in [-0.39, 0.29) is 5.91 Å². The maximum atomic E-state index is 11.9. The standard InChI is InChI=1S/C15H16BrN3O/c1-10-14(11(2)19(3)18-10)7-8-15(20)17-13-6-4-5-12(16)9-13/h4-9H,1-3H3,(H,17,20)/b8-7+. The number of hydrogen-bond acceptors (Lipinski definition) is 2. The predicted molar refractivity (Wildman–Crippen MR) is 84.5 cm³/mol. The quantitative estimate of drug-likeness (QED) is 0.874. The number of nitrogens with zero attached hydrogens (tertiary/aromatic N) is 2. The van der Waals surface area contributed by atoms with E-state index < -0.39 is 0 Å². The van der Waals surface area contributed by atoms with Crippen molar-refractivity contribution >= 4 is 33.6 Å². The van der Waals surface area contributed by atoms with Crippen LogP contribution < -0.4 is 5.32 Å². The van der Waals surface area contributed by atoms with Gasteiger partial charge in [-0.1, -0.05) is 22.0 Å². The molecule has 0 saturated carbocycles. The smallest absolute Gasteiger partial charge is 0.248 e. The van der Waals surface area contributed by atoms with Crippen molar-refractivity contribution in [1.82, 2.24) is 9.78 Å². The predicted octanol–water partition coefficient (Wildman–Crippen LogP) is 3.45. The lowest BCUT2D eigenvalue weighted by Crippen LogP contribution is -2.07. The third-order valence-corrected chi connectivity index (χ3v) is 3.55. The van der Waals surface area contributed by atoms with Crippen molar-refractivity contribution in [2.45, 2.75) is 13.8 Å². The van der Waals surface area contributed by atoms with Gasteiger partial charge in [0.1, 0.15) is 0 Å². The highest BCUT2D eigenvalue weighted by Gasteiger charge is 2.06. The molecule has 1 aromatic carbocycles. The van der Waals surface area contributed by atoms with Gasteiger partial charge in [0.05, 0.1) is 5.69 Å². The zero-order valence-electron chi connectivity index (χ0n) is 11.6. The summed E-state index contributed by atoms with van der Waals surface area (Å²) in [6, 6.07) is 7.48. The number of rotatable bonds is 3. The summed E-state index contributed by atoms with van der Waals surface area (Å²) in [6.07, 6.45) is 3.32. The molecule has 1 N–H and O–H groups in total. The van der Waals surface area contributed by atoms with E-state index in [4.69, 9.17) is 0 Å². The summed E-state index contributed by atoms with van der Waals surface area (Å²) in [5.74, 6) is -0.161. The molecule has 0 spiro atoms. The number of carbonyl (C=O) groups excluding carboxylic acids is 1. The average molecular weight is 334 g/mol. The molecule has 20 heavy (non-hydrogen) atoms.